The van der Waals surface area contributed by atoms with Gasteiger partial charge in [-0.2, -0.15) is 13.2 Å². The molecule has 2 heterocycles. The number of aromatic nitrogens is 2. The van der Waals surface area contributed by atoms with Gasteiger partial charge >= 0.3 is 6.18 Å². The maximum Gasteiger partial charge on any atom is 0.405 e. The number of amides is 1. The molecule has 1 saturated heterocycles. The van der Waals surface area contributed by atoms with E-state index in [-0.39, 0.29) is 23.9 Å². The summed E-state index contributed by atoms with van der Waals surface area (Å²) in [6.07, 6.45) is -3.03. The number of nitrogens with one attached hydrogen (secondary N) is 2. The Morgan fingerprint density at radius 2 is 1.96 bits per heavy atom. The normalized spacial score (nSPS) is 16.9. The van der Waals surface area contributed by atoms with Gasteiger partial charge in [0.15, 0.2) is 0 Å². The van der Waals surface area contributed by atoms with E-state index in [1.54, 1.807) is 6.92 Å². The molecule has 0 bridgehead atoms. The quantitative estimate of drug-likeness (QED) is 0.796. The highest BCUT2D eigenvalue weighted by molar-refractivity contribution is 5.95. The number of nitrogens with zero attached hydrogens (tertiary/aromatic N) is 3. The molecule has 2 N–H and O–H groups in total. The van der Waals surface area contributed by atoms with Crippen LogP contribution in [0.2, 0.25) is 0 Å². The molecule has 26 heavy (non-hydrogen) atoms. The van der Waals surface area contributed by atoms with E-state index >= 15 is 0 Å². The number of rotatable bonds is 5. The molecule has 1 atom stereocenters. The van der Waals surface area contributed by atoms with Gasteiger partial charge in [0.1, 0.15) is 11.9 Å². The molecular formula is C16H25ClF3N5O. The molecule has 6 nitrogen and oxygen atoms in total. The number of aryl methyl sites for hydroxylation is 1. The minimum Gasteiger partial charge on any atom is -0.350 e. The summed E-state index contributed by atoms with van der Waals surface area (Å²) in [6, 6.07) is -1.70. The first kappa shape index (κ1) is 22.6. The third-order valence-electron chi connectivity index (χ3n) is 4.16. The summed E-state index contributed by atoms with van der Waals surface area (Å²) < 4.78 is 40.1. The van der Waals surface area contributed by atoms with Gasteiger partial charge in [-0.15, -0.1) is 12.4 Å². The second-order valence-corrected chi connectivity index (χ2v) is 6.42. The predicted molar refractivity (Wildman–Crippen MR) is 94.7 cm³/mol. The van der Waals surface area contributed by atoms with Gasteiger partial charge in [0.25, 0.3) is 5.91 Å². The van der Waals surface area contributed by atoms with E-state index in [0.717, 1.165) is 0 Å². The maximum atomic E-state index is 13.4. The Kier molecular flexibility index (Phi) is 8.23. The number of halogens is 4. The van der Waals surface area contributed by atoms with E-state index in [1.165, 1.54) is 11.1 Å². The smallest absolute Gasteiger partial charge is 0.350 e. The highest BCUT2D eigenvalue weighted by Gasteiger charge is 2.43. The Bertz CT molecular complexity index is 606. The molecule has 1 unspecified atom stereocenters. The molecule has 1 amide bonds. The zero-order valence-electron chi connectivity index (χ0n) is 15.1. The van der Waals surface area contributed by atoms with Crippen molar-refractivity contribution in [2.75, 3.05) is 32.7 Å². The van der Waals surface area contributed by atoms with E-state index in [4.69, 9.17) is 0 Å². The lowest BCUT2D eigenvalue weighted by Crippen LogP contribution is -2.57. The van der Waals surface area contributed by atoms with Crippen molar-refractivity contribution in [3.05, 3.63) is 23.3 Å². The van der Waals surface area contributed by atoms with Crippen LogP contribution in [0.4, 0.5) is 13.2 Å². The second-order valence-electron chi connectivity index (χ2n) is 6.42. The van der Waals surface area contributed by atoms with Gasteiger partial charge < -0.3 is 10.6 Å². The van der Waals surface area contributed by atoms with Crippen LogP contribution in [0.5, 0.6) is 0 Å². The number of piperazine rings is 1. The first-order chi connectivity index (χ1) is 11.7. The molecule has 1 aromatic rings. The maximum absolute atomic E-state index is 13.4. The summed E-state index contributed by atoms with van der Waals surface area (Å²) in [5, 5.41) is 5.44. The number of carbonyl (C=O) groups excluding carboxylic acids is 1. The second kappa shape index (κ2) is 9.48. The zero-order valence-corrected chi connectivity index (χ0v) is 15.9. The lowest BCUT2D eigenvalue weighted by atomic mass is 10.0. The summed E-state index contributed by atoms with van der Waals surface area (Å²) in [7, 11) is 0. The van der Waals surface area contributed by atoms with E-state index in [2.05, 4.69) is 20.6 Å². The van der Waals surface area contributed by atoms with Gasteiger partial charge in [-0.1, -0.05) is 13.8 Å². The fourth-order valence-corrected chi connectivity index (χ4v) is 2.83. The van der Waals surface area contributed by atoms with Crippen LogP contribution in [0.15, 0.2) is 6.20 Å². The van der Waals surface area contributed by atoms with E-state index in [9.17, 15) is 18.0 Å². The molecule has 1 aromatic heterocycles. The molecule has 0 spiro atoms. The van der Waals surface area contributed by atoms with Gasteiger partial charge in [-0.3, -0.25) is 9.69 Å². The van der Waals surface area contributed by atoms with Crippen molar-refractivity contribution >= 4 is 18.3 Å². The van der Waals surface area contributed by atoms with Crippen molar-refractivity contribution in [1.29, 1.82) is 0 Å². The summed E-state index contributed by atoms with van der Waals surface area (Å²) in [4.78, 5) is 22.0. The average Bonchev–Trinajstić information content (AvgIpc) is 2.54. The summed E-state index contributed by atoms with van der Waals surface area (Å²) in [5.41, 5.74) is 0.762. The van der Waals surface area contributed by atoms with E-state index < -0.39 is 24.7 Å². The number of hydrogen-bond donors (Lipinski definition) is 2. The van der Waals surface area contributed by atoms with Crippen LogP contribution in [-0.2, 0) is 0 Å². The highest BCUT2D eigenvalue weighted by Crippen LogP contribution is 2.25. The van der Waals surface area contributed by atoms with Gasteiger partial charge in [0.05, 0.1) is 11.3 Å². The van der Waals surface area contributed by atoms with Gasteiger partial charge in [0.2, 0.25) is 0 Å². The van der Waals surface area contributed by atoms with Crippen LogP contribution in [0, 0.1) is 6.92 Å². The first-order valence-corrected chi connectivity index (χ1v) is 8.33. The monoisotopic (exact) mass is 395 g/mol. The average molecular weight is 396 g/mol. The minimum atomic E-state index is -4.41. The molecule has 1 fully saturated rings. The molecule has 1 aliphatic heterocycles. The van der Waals surface area contributed by atoms with Gasteiger partial charge in [-0.05, 0) is 12.8 Å². The molecule has 0 aromatic carbocycles. The summed E-state index contributed by atoms with van der Waals surface area (Å²) in [6.45, 7) is 6.56. The summed E-state index contributed by atoms with van der Waals surface area (Å²) >= 11 is 0. The van der Waals surface area contributed by atoms with Crippen molar-refractivity contribution in [3.63, 3.8) is 0 Å². The van der Waals surface area contributed by atoms with Crippen LogP contribution >= 0.6 is 12.4 Å². The molecule has 0 saturated carbocycles. The van der Waals surface area contributed by atoms with Crippen molar-refractivity contribution < 1.29 is 18.0 Å². The van der Waals surface area contributed by atoms with Crippen LogP contribution < -0.4 is 10.6 Å². The van der Waals surface area contributed by atoms with Crippen LogP contribution in [0.1, 0.15) is 41.6 Å². The number of alkyl halides is 3. The van der Waals surface area contributed by atoms with E-state index in [0.29, 0.717) is 37.7 Å². The molecule has 148 valence electrons. The molecule has 10 heteroatoms. The summed E-state index contributed by atoms with van der Waals surface area (Å²) in [5.74, 6) is -0.0867. The van der Waals surface area contributed by atoms with Crippen molar-refractivity contribution in [2.24, 2.45) is 0 Å². The lowest BCUT2D eigenvalue weighted by molar-refractivity contribution is -0.183. The molecule has 0 radical (unpaired) electrons. The van der Waals surface area contributed by atoms with Gasteiger partial charge in [-0.25, -0.2) is 9.97 Å². The fraction of sp³-hybridized carbons (Fsp3) is 0.688. The highest BCUT2D eigenvalue weighted by atomic mass is 35.5. The largest absolute Gasteiger partial charge is 0.405 e. The molecule has 0 aliphatic carbocycles. The Labute approximate surface area is 157 Å². The van der Waals surface area contributed by atoms with E-state index in [1.807, 2.05) is 13.8 Å². The third kappa shape index (κ3) is 5.78. The fourth-order valence-electron chi connectivity index (χ4n) is 2.83. The Morgan fingerprint density at radius 3 is 2.50 bits per heavy atom. The Hall–Kier alpha value is -1.45. The van der Waals surface area contributed by atoms with Gasteiger partial charge in [0, 0.05) is 38.9 Å². The Morgan fingerprint density at radius 1 is 1.35 bits per heavy atom. The predicted octanol–water partition coefficient (Wildman–Crippen LogP) is 1.90. The number of carbonyl (C=O) groups is 1. The van der Waals surface area contributed by atoms with Crippen LogP contribution in [0.25, 0.3) is 0 Å². The SMILES string of the molecule is Cc1ncc(C(=O)NCC(N2CCNCC2)C(F)(F)F)c(C(C)C)n1.Cl. The standard InChI is InChI=1S/C16H24F3N5O.ClH/c1-10(2)14-12(8-21-11(3)23-14)15(25)22-9-13(16(17,18)19)24-6-4-20-5-7-24;/h8,10,13,20H,4-7,9H2,1-3H3,(H,22,25);1H. The van der Waals surface area contributed by atoms with Crippen molar-refractivity contribution in [3.8, 4) is 0 Å². The number of hydrogen-bond acceptors (Lipinski definition) is 5. The molecule has 1 aliphatic rings. The van der Waals surface area contributed by atoms with Crippen molar-refractivity contribution in [1.82, 2.24) is 25.5 Å². The van der Waals surface area contributed by atoms with Crippen LogP contribution in [0.3, 0.4) is 0 Å². The molecular weight excluding hydrogens is 371 g/mol. The third-order valence-corrected chi connectivity index (χ3v) is 4.16. The minimum absolute atomic E-state index is 0. The zero-order chi connectivity index (χ0) is 18.6. The first-order valence-electron chi connectivity index (χ1n) is 8.33. The van der Waals surface area contributed by atoms with Crippen LogP contribution in [-0.4, -0.2) is 65.7 Å². The lowest BCUT2D eigenvalue weighted by Gasteiger charge is -2.35. The van der Waals surface area contributed by atoms with Crippen molar-refractivity contribution in [2.45, 2.75) is 38.9 Å². The molecule has 2 rings (SSSR count). The Balaban J connectivity index is 0.00000338. The topological polar surface area (TPSA) is 70.2 Å².